The van der Waals surface area contributed by atoms with Crippen LogP contribution in [-0.4, -0.2) is 29.1 Å². The number of hydrogen-bond acceptors (Lipinski definition) is 6. The fourth-order valence-corrected chi connectivity index (χ4v) is 3.57. The van der Waals surface area contributed by atoms with Gasteiger partial charge in [-0.15, -0.1) is 0 Å². The third-order valence-electron chi connectivity index (χ3n) is 3.71. The molecular formula is C15H17IN8. The highest BCUT2D eigenvalue weighted by atomic mass is 127. The van der Waals surface area contributed by atoms with Crippen molar-refractivity contribution < 1.29 is 0 Å². The van der Waals surface area contributed by atoms with E-state index in [2.05, 4.69) is 42.5 Å². The highest BCUT2D eigenvalue weighted by molar-refractivity contribution is 14.1. The summed E-state index contributed by atoms with van der Waals surface area (Å²) in [5.41, 5.74) is 14.3. The summed E-state index contributed by atoms with van der Waals surface area (Å²) in [5.74, 6) is 1.10. The minimum atomic E-state index is 0.546. The Labute approximate surface area is 152 Å². The molecule has 8 nitrogen and oxygen atoms in total. The molecule has 0 spiro atoms. The monoisotopic (exact) mass is 436 g/mol. The van der Waals surface area contributed by atoms with Crippen LogP contribution in [0.3, 0.4) is 0 Å². The SMILES string of the molecule is Cc1cn(C)c2ncnc(N)c12.Cn1cc(I)c2c(N)ncnc21. The number of aryl methyl sites for hydroxylation is 3. The molecule has 0 unspecified atom stereocenters. The average Bonchev–Trinajstić information content (AvgIpc) is 2.99. The maximum atomic E-state index is 5.71. The quantitative estimate of drug-likeness (QED) is 0.408. The van der Waals surface area contributed by atoms with Crippen molar-refractivity contribution in [3.8, 4) is 0 Å². The number of hydrogen-bond donors (Lipinski definition) is 2. The molecular weight excluding hydrogens is 419 g/mol. The molecule has 4 aromatic heterocycles. The predicted octanol–water partition coefficient (Wildman–Crippen LogP) is 2.01. The Morgan fingerprint density at radius 1 is 0.833 bits per heavy atom. The third kappa shape index (κ3) is 2.75. The van der Waals surface area contributed by atoms with Crippen molar-refractivity contribution in [2.24, 2.45) is 14.1 Å². The molecule has 0 fully saturated rings. The standard InChI is InChI=1S/C8H10N4.C7H7IN4/c1-5-3-12(2)8-6(5)7(9)10-4-11-8;1-12-2-4(8)5-6(9)10-3-11-7(5)12/h3-4H,1-2H3,(H2,9,10,11);2-3H,1H3,(H2,9,10,11). The molecule has 4 rings (SSSR count). The second kappa shape index (κ2) is 6.23. The zero-order valence-electron chi connectivity index (χ0n) is 13.5. The van der Waals surface area contributed by atoms with Crippen LogP contribution in [0.2, 0.25) is 0 Å². The van der Waals surface area contributed by atoms with Gasteiger partial charge < -0.3 is 20.6 Å². The van der Waals surface area contributed by atoms with Crippen molar-refractivity contribution >= 4 is 56.3 Å². The van der Waals surface area contributed by atoms with Crippen LogP contribution in [0.15, 0.2) is 25.0 Å². The van der Waals surface area contributed by atoms with Crippen molar-refractivity contribution in [2.75, 3.05) is 11.5 Å². The van der Waals surface area contributed by atoms with Crippen molar-refractivity contribution in [2.45, 2.75) is 6.92 Å². The number of aromatic nitrogens is 6. The van der Waals surface area contributed by atoms with Crippen LogP contribution in [0.1, 0.15) is 5.56 Å². The van der Waals surface area contributed by atoms with Crippen LogP contribution in [0.5, 0.6) is 0 Å². The van der Waals surface area contributed by atoms with Gasteiger partial charge >= 0.3 is 0 Å². The van der Waals surface area contributed by atoms with Gasteiger partial charge in [0.05, 0.1) is 10.8 Å². The Balaban J connectivity index is 0.000000141. The predicted molar refractivity (Wildman–Crippen MR) is 103 cm³/mol. The van der Waals surface area contributed by atoms with E-state index in [0.29, 0.717) is 11.6 Å². The molecule has 0 amide bonds. The number of anilines is 2. The topological polar surface area (TPSA) is 113 Å². The van der Waals surface area contributed by atoms with Gasteiger partial charge in [-0.25, -0.2) is 19.9 Å². The van der Waals surface area contributed by atoms with E-state index in [1.165, 1.54) is 12.7 Å². The molecule has 0 atom stereocenters. The molecule has 24 heavy (non-hydrogen) atoms. The Bertz CT molecular complexity index is 949. The van der Waals surface area contributed by atoms with Gasteiger partial charge in [-0.2, -0.15) is 0 Å². The van der Waals surface area contributed by atoms with Gasteiger partial charge in [0.1, 0.15) is 35.6 Å². The molecule has 0 radical (unpaired) electrons. The maximum Gasteiger partial charge on any atom is 0.146 e. The molecule has 4 heterocycles. The summed E-state index contributed by atoms with van der Waals surface area (Å²) in [5, 5.41) is 1.90. The first kappa shape index (κ1) is 16.4. The average molecular weight is 436 g/mol. The molecule has 0 saturated carbocycles. The zero-order chi connectivity index (χ0) is 17.4. The molecule has 0 aliphatic carbocycles. The molecule has 0 aliphatic heterocycles. The second-order valence-electron chi connectivity index (χ2n) is 5.43. The molecule has 0 bridgehead atoms. The molecule has 4 N–H and O–H groups in total. The van der Waals surface area contributed by atoms with E-state index in [-0.39, 0.29) is 0 Å². The Morgan fingerprint density at radius 3 is 1.88 bits per heavy atom. The zero-order valence-corrected chi connectivity index (χ0v) is 15.7. The van der Waals surface area contributed by atoms with Gasteiger partial charge in [-0.3, -0.25) is 0 Å². The van der Waals surface area contributed by atoms with Crippen LogP contribution < -0.4 is 11.5 Å². The second-order valence-corrected chi connectivity index (χ2v) is 6.59. The highest BCUT2D eigenvalue weighted by Gasteiger charge is 2.08. The maximum absolute atomic E-state index is 5.71. The lowest BCUT2D eigenvalue weighted by Crippen LogP contribution is -1.94. The summed E-state index contributed by atoms with van der Waals surface area (Å²) in [4.78, 5) is 16.1. The molecule has 0 aliphatic rings. The van der Waals surface area contributed by atoms with Crippen LogP contribution in [0.4, 0.5) is 11.6 Å². The summed E-state index contributed by atoms with van der Waals surface area (Å²) < 4.78 is 4.97. The Hall–Kier alpha value is -2.43. The normalized spacial score (nSPS) is 10.8. The fraction of sp³-hybridized carbons (Fsp3) is 0.200. The van der Waals surface area contributed by atoms with Crippen LogP contribution in [0.25, 0.3) is 22.1 Å². The first-order chi connectivity index (χ1) is 11.4. The molecule has 0 saturated heterocycles. The van der Waals surface area contributed by atoms with E-state index in [4.69, 9.17) is 11.5 Å². The lowest BCUT2D eigenvalue weighted by Gasteiger charge is -1.95. The third-order valence-corrected chi connectivity index (χ3v) is 4.53. The van der Waals surface area contributed by atoms with E-state index < -0.39 is 0 Å². The highest BCUT2D eigenvalue weighted by Crippen LogP contribution is 2.23. The van der Waals surface area contributed by atoms with Gasteiger partial charge in [0, 0.05) is 30.1 Å². The van der Waals surface area contributed by atoms with Gasteiger partial charge in [0.2, 0.25) is 0 Å². The fourth-order valence-electron chi connectivity index (χ4n) is 2.63. The van der Waals surface area contributed by atoms with E-state index in [1.54, 1.807) is 0 Å². The summed E-state index contributed by atoms with van der Waals surface area (Å²) in [7, 11) is 3.89. The van der Waals surface area contributed by atoms with Crippen LogP contribution >= 0.6 is 22.6 Å². The molecule has 0 aromatic carbocycles. The van der Waals surface area contributed by atoms with Crippen LogP contribution in [-0.2, 0) is 14.1 Å². The smallest absolute Gasteiger partial charge is 0.146 e. The Morgan fingerprint density at radius 2 is 1.33 bits per heavy atom. The van der Waals surface area contributed by atoms with E-state index in [9.17, 15) is 0 Å². The van der Waals surface area contributed by atoms with Crippen molar-refractivity contribution in [3.63, 3.8) is 0 Å². The Kier molecular flexibility index (Phi) is 4.26. The summed E-state index contributed by atoms with van der Waals surface area (Å²) in [6, 6.07) is 0. The number of nitrogens with two attached hydrogens (primary N) is 2. The first-order valence-electron chi connectivity index (χ1n) is 7.13. The van der Waals surface area contributed by atoms with E-state index >= 15 is 0 Å². The molecule has 124 valence electrons. The van der Waals surface area contributed by atoms with Crippen molar-refractivity contribution in [1.29, 1.82) is 0 Å². The summed E-state index contributed by atoms with van der Waals surface area (Å²) in [6.45, 7) is 2.00. The lowest BCUT2D eigenvalue weighted by molar-refractivity contribution is 0.940. The first-order valence-corrected chi connectivity index (χ1v) is 8.21. The number of rotatable bonds is 0. The number of nitrogens with zero attached hydrogens (tertiary/aromatic N) is 6. The largest absolute Gasteiger partial charge is 0.383 e. The minimum Gasteiger partial charge on any atom is -0.383 e. The van der Waals surface area contributed by atoms with Crippen LogP contribution in [0, 0.1) is 10.5 Å². The number of fused-ring (bicyclic) bond motifs is 2. The minimum absolute atomic E-state index is 0.546. The van der Waals surface area contributed by atoms with Gasteiger partial charge in [-0.1, -0.05) is 0 Å². The number of halogens is 1. The van der Waals surface area contributed by atoms with Gasteiger partial charge in [-0.05, 0) is 35.1 Å². The number of nitrogen functional groups attached to an aromatic ring is 2. The van der Waals surface area contributed by atoms with Gasteiger partial charge in [0.25, 0.3) is 0 Å². The van der Waals surface area contributed by atoms with Gasteiger partial charge in [0.15, 0.2) is 0 Å². The lowest BCUT2D eigenvalue weighted by atomic mass is 10.2. The molecule has 9 heteroatoms. The van der Waals surface area contributed by atoms with E-state index in [0.717, 1.165) is 31.2 Å². The van der Waals surface area contributed by atoms with Crippen molar-refractivity contribution in [3.05, 3.63) is 34.2 Å². The summed E-state index contributed by atoms with van der Waals surface area (Å²) >= 11 is 2.22. The van der Waals surface area contributed by atoms with Crippen molar-refractivity contribution in [1.82, 2.24) is 29.1 Å². The molecule has 4 aromatic rings. The van der Waals surface area contributed by atoms with E-state index in [1.807, 2.05) is 42.5 Å². The summed E-state index contributed by atoms with van der Waals surface area (Å²) in [6.07, 6.45) is 6.94.